The third-order valence-electron chi connectivity index (χ3n) is 2.88. The van der Waals surface area contributed by atoms with Crippen LogP contribution in [0, 0.1) is 0 Å². The number of rotatable bonds is 0. The van der Waals surface area contributed by atoms with E-state index < -0.39 is 0 Å². The van der Waals surface area contributed by atoms with E-state index in [0.29, 0.717) is 5.95 Å². The Labute approximate surface area is 102 Å². The van der Waals surface area contributed by atoms with Gasteiger partial charge in [-0.15, -0.1) is 0 Å². The van der Waals surface area contributed by atoms with E-state index in [0.717, 1.165) is 23.0 Å². The summed E-state index contributed by atoms with van der Waals surface area (Å²) in [7, 11) is 0. The fourth-order valence-corrected chi connectivity index (χ4v) is 2.48. The highest BCUT2D eigenvalue weighted by Gasteiger charge is 2.17. The van der Waals surface area contributed by atoms with Crippen molar-refractivity contribution < 1.29 is 0 Å². The van der Waals surface area contributed by atoms with E-state index in [1.54, 1.807) is 0 Å². The highest BCUT2D eigenvalue weighted by atomic mass is 79.9. The molecule has 80 valence electrons. The van der Waals surface area contributed by atoms with E-state index in [9.17, 15) is 0 Å². The van der Waals surface area contributed by atoms with E-state index in [-0.39, 0.29) is 0 Å². The van der Waals surface area contributed by atoms with Crippen molar-refractivity contribution >= 4 is 21.9 Å². The zero-order valence-corrected chi connectivity index (χ0v) is 10.2. The SMILES string of the molecule is Nc1ncc2c(n1)Cc1cc(Br)ccc1C2. The fraction of sp³-hybridized carbons (Fsp3) is 0.167. The van der Waals surface area contributed by atoms with E-state index in [1.807, 2.05) is 6.20 Å². The lowest BCUT2D eigenvalue weighted by atomic mass is 9.90. The maximum Gasteiger partial charge on any atom is 0.220 e. The summed E-state index contributed by atoms with van der Waals surface area (Å²) in [5.74, 6) is 0.359. The molecule has 2 N–H and O–H groups in total. The number of anilines is 1. The van der Waals surface area contributed by atoms with Crippen LogP contribution < -0.4 is 5.73 Å². The van der Waals surface area contributed by atoms with Gasteiger partial charge < -0.3 is 5.73 Å². The summed E-state index contributed by atoms with van der Waals surface area (Å²) < 4.78 is 1.11. The van der Waals surface area contributed by atoms with Crippen LogP contribution in [0.15, 0.2) is 28.9 Å². The van der Waals surface area contributed by atoms with E-state index in [4.69, 9.17) is 5.73 Å². The molecular formula is C12H10BrN3. The number of hydrogen-bond donors (Lipinski definition) is 1. The van der Waals surface area contributed by atoms with Gasteiger partial charge in [-0.05, 0) is 28.8 Å². The van der Waals surface area contributed by atoms with Gasteiger partial charge in [0.2, 0.25) is 5.95 Å². The molecule has 0 atom stereocenters. The molecule has 3 nitrogen and oxygen atoms in total. The molecule has 0 amide bonds. The molecule has 1 aliphatic rings. The van der Waals surface area contributed by atoms with Gasteiger partial charge in [-0.25, -0.2) is 9.97 Å². The van der Waals surface area contributed by atoms with Crippen LogP contribution in [0.4, 0.5) is 5.95 Å². The topological polar surface area (TPSA) is 51.8 Å². The Balaban J connectivity index is 2.10. The van der Waals surface area contributed by atoms with Crippen LogP contribution >= 0.6 is 15.9 Å². The second kappa shape index (κ2) is 3.56. The number of fused-ring (bicyclic) bond motifs is 2. The standard InChI is InChI=1S/C12H10BrN3/c13-10-2-1-7-3-9-6-15-12(14)16-11(9)5-8(7)4-10/h1-2,4,6H,3,5H2,(H2,14,15,16). The van der Waals surface area contributed by atoms with E-state index in [1.165, 1.54) is 16.7 Å². The Morgan fingerprint density at radius 2 is 2.00 bits per heavy atom. The van der Waals surface area contributed by atoms with E-state index >= 15 is 0 Å². The lowest BCUT2D eigenvalue weighted by Crippen LogP contribution is -2.11. The molecule has 1 aromatic heterocycles. The van der Waals surface area contributed by atoms with E-state index in [2.05, 4.69) is 44.1 Å². The van der Waals surface area contributed by atoms with Gasteiger partial charge in [0.25, 0.3) is 0 Å². The van der Waals surface area contributed by atoms with Crippen molar-refractivity contribution in [3.63, 3.8) is 0 Å². The molecule has 0 saturated carbocycles. The second-order valence-electron chi connectivity index (χ2n) is 3.97. The maximum absolute atomic E-state index is 5.60. The summed E-state index contributed by atoms with van der Waals surface area (Å²) in [4.78, 5) is 8.33. The van der Waals surface area contributed by atoms with Crippen LogP contribution in [0.2, 0.25) is 0 Å². The van der Waals surface area contributed by atoms with Crippen molar-refractivity contribution in [2.75, 3.05) is 5.73 Å². The first-order chi connectivity index (χ1) is 7.72. The van der Waals surface area contributed by atoms with Crippen molar-refractivity contribution in [1.29, 1.82) is 0 Å². The average Bonchev–Trinajstić information content (AvgIpc) is 2.26. The first kappa shape index (κ1) is 9.78. The Morgan fingerprint density at radius 3 is 2.88 bits per heavy atom. The first-order valence-electron chi connectivity index (χ1n) is 5.10. The zero-order chi connectivity index (χ0) is 11.1. The minimum absolute atomic E-state index is 0.359. The summed E-state index contributed by atoms with van der Waals surface area (Å²) in [6, 6.07) is 6.37. The van der Waals surface area contributed by atoms with Gasteiger partial charge in [0.1, 0.15) is 0 Å². The molecule has 0 aliphatic heterocycles. The number of nitrogens with two attached hydrogens (primary N) is 1. The fourth-order valence-electron chi connectivity index (χ4n) is 2.08. The van der Waals surface area contributed by atoms with Gasteiger partial charge in [0, 0.05) is 23.5 Å². The minimum Gasteiger partial charge on any atom is -0.368 e. The quantitative estimate of drug-likeness (QED) is 0.685. The Hall–Kier alpha value is -1.42. The average molecular weight is 276 g/mol. The van der Waals surface area contributed by atoms with Gasteiger partial charge in [-0.1, -0.05) is 22.0 Å². The number of nitrogens with zero attached hydrogens (tertiary/aromatic N) is 2. The lowest BCUT2D eigenvalue weighted by Gasteiger charge is -2.18. The first-order valence-corrected chi connectivity index (χ1v) is 5.89. The molecule has 3 rings (SSSR count). The molecule has 16 heavy (non-hydrogen) atoms. The highest BCUT2D eigenvalue weighted by Crippen LogP contribution is 2.27. The molecule has 0 spiro atoms. The normalized spacial score (nSPS) is 13.1. The molecule has 0 fully saturated rings. The van der Waals surface area contributed by atoms with Crippen LogP contribution in [0.5, 0.6) is 0 Å². The summed E-state index contributed by atoms with van der Waals surface area (Å²) in [6.07, 6.45) is 3.58. The zero-order valence-electron chi connectivity index (χ0n) is 8.57. The Kier molecular flexibility index (Phi) is 2.17. The van der Waals surface area contributed by atoms with Crippen LogP contribution in [0.1, 0.15) is 22.4 Å². The molecular weight excluding hydrogens is 266 g/mol. The summed E-state index contributed by atoms with van der Waals surface area (Å²) in [6.45, 7) is 0. The summed E-state index contributed by atoms with van der Waals surface area (Å²) >= 11 is 3.49. The Morgan fingerprint density at radius 1 is 1.12 bits per heavy atom. The molecule has 0 saturated heterocycles. The molecule has 1 aliphatic carbocycles. The van der Waals surface area contributed by atoms with Crippen molar-refractivity contribution in [2.24, 2.45) is 0 Å². The third kappa shape index (κ3) is 1.59. The second-order valence-corrected chi connectivity index (χ2v) is 4.88. The molecule has 1 heterocycles. The van der Waals surface area contributed by atoms with Crippen molar-refractivity contribution in [3.8, 4) is 0 Å². The predicted molar refractivity (Wildman–Crippen MR) is 66.2 cm³/mol. The number of benzene rings is 1. The van der Waals surface area contributed by atoms with Crippen LogP contribution in [0.3, 0.4) is 0 Å². The largest absolute Gasteiger partial charge is 0.368 e. The van der Waals surface area contributed by atoms with Crippen molar-refractivity contribution in [2.45, 2.75) is 12.8 Å². The minimum atomic E-state index is 0.359. The molecule has 4 heteroatoms. The predicted octanol–water partition coefficient (Wildman–Crippen LogP) is 2.32. The van der Waals surface area contributed by atoms with Crippen molar-refractivity contribution in [3.05, 3.63) is 51.3 Å². The monoisotopic (exact) mass is 275 g/mol. The van der Waals surface area contributed by atoms with Gasteiger partial charge in [-0.3, -0.25) is 0 Å². The van der Waals surface area contributed by atoms with Gasteiger partial charge >= 0.3 is 0 Å². The van der Waals surface area contributed by atoms with Gasteiger partial charge in [0.15, 0.2) is 0 Å². The van der Waals surface area contributed by atoms with Gasteiger partial charge in [0.05, 0.1) is 5.69 Å². The summed E-state index contributed by atoms with van der Waals surface area (Å²) in [5.41, 5.74) is 10.5. The van der Waals surface area contributed by atoms with Crippen LogP contribution in [-0.4, -0.2) is 9.97 Å². The van der Waals surface area contributed by atoms with Crippen LogP contribution in [-0.2, 0) is 12.8 Å². The maximum atomic E-state index is 5.60. The molecule has 2 aromatic rings. The number of halogens is 1. The molecule has 1 aromatic carbocycles. The smallest absolute Gasteiger partial charge is 0.220 e. The Bertz CT molecular complexity index is 517. The third-order valence-corrected chi connectivity index (χ3v) is 3.37. The van der Waals surface area contributed by atoms with Gasteiger partial charge in [-0.2, -0.15) is 0 Å². The highest BCUT2D eigenvalue weighted by molar-refractivity contribution is 9.10. The lowest BCUT2D eigenvalue weighted by molar-refractivity contribution is 0.918. The van der Waals surface area contributed by atoms with Crippen LogP contribution in [0.25, 0.3) is 0 Å². The summed E-state index contributed by atoms with van der Waals surface area (Å²) in [5, 5.41) is 0. The number of nitrogen functional groups attached to an aromatic ring is 1. The number of hydrogen-bond acceptors (Lipinski definition) is 3. The number of aromatic nitrogens is 2. The molecule has 0 radical (unpaired) electrons. The van der Waals surface area contributed by atoms with Crippen molar-refractivity contribution in [1.82, 2.24) is 9.97 Å². The molecule has 0 unspecified atom stereocenters. The molecule has 0 bridgehead atoms.